The van der Waals surface area contributed by atoms with Crippen molar-refractivity contribution in [3.8, 4) is 0 Å². The van der Waals surface area contributed by atoms with Crippen LogP contribution in [0.5, 0.6) is 0 Å². The van der Waals surface area contributed by atoms with Crippen LogP contribution in [-0.2, 0) is 10.1 Å². The van der Waals surface area contributed by atoms with Gasteiger partial charge in [-0.3, -0.25) is 0 Å². The molecule has 0 rings (SSSR count). The van der Waals surface area contributed by atoms with E-state index in [4.69, 9.17) is 4.91 Å². The number of nitroso groups, excluding NO2 is 1. The molecule has 0 aromatic rings. The molecule has 48 valence electrons. The van der Waals surface area contributed by atoms with Crippen LogP contribution in [0.1, 0.15) is 0 Å². The zero-order chi connectivity index (χ0) is 6.78. The summed E-state index contributed by atoms with van der Waals surface area (Å²) in [6, 6.07) is 0. The summed E-state index contributed by atoms with van der Waals surface area (Å²) >= 11 is 0. The van der Waals surface area contributed by atoms with Gasteiger partial charge in [0.15, 0.2) is 0 Å². The molecule has 0 bridgehead atoms. The van der Waals surface area contributed by atoms with Gasteiger partial charge in [0.1, 0.15) is 15.7 Å². The van der Waals surface area contributed by atoms with Gasteiger partial charge in [0.05, 0.1) is 0 Å². The first kappa shape index (κ1) is 17.5. The Kier molecular flexibility index (Phi) is 12.5. The summed E-state index contributed by atoms with van der Waals surface area (Å²) in [5.41, 5.74) is -2.91. The Morgan fingerprint density at radius 1 is 1.30 bits per heavy atom. The predicted octanol–water partition coefficient (Wildman–Crippen LogP) is -8.05. The summed E-state index contributed by atoms with van der Waals surface area (Å²) < 4.78 is 28.2. The summed E-state index contributed by atoms with van der Waals surface area (Å²) in [4.78, 5) is 9.01. The minimum absolute atomic E-state index is 0. The van der Waals surface area contributed by atoms with Crippen LogP contribution in [0.4, 0.5) is 0 Å². The minimum atomic E-state index is -5.04. The van der Waals surface area contributed by atoms with Gasteiger partial charge in [0.2, 0.25) is 0 Å². The van der Waals surface area contributed by atoms with E-state index in [1.807, 2.05) is 0 Å². The van der Waals surface area contributed by atoms with E-state index < -0.39 is 15.7 Å². The van der Waals surface area contributed by atoms with Crippen LogP contribution < -0.4 is 64.2 Å². The summed E-state index contributed by atoms with van der Waals surface area (Å²) in [5, 5.41) is 11.0. The van der Waals surface area contributed by atoms with E-state index in [0.29, 0.717) is 0 Å². The maximum Gasteiger partial charge on any atom is 1.00 e. The van der Waals surface area contributed by atoms with Crippen LogP contribution in [-0.4, -0.2) is 18.5 Å². The molecule has 0 aliphatic carbocycles. The average molecular weight is 185 g/mol. The van der Waals surface area contributed by atoms with Crippen molar-refractivity contribution >= 4 is 10.1 Å². The topological polar surface area (TPSA) is 110 Å². The summed E-state index contributed by atoms with van der Waals surface area (Å²) in [6.45, 7) is 0. The Balaban J connectivity index is -0.000000245. The van der Waals surface area contributed by atoms with Crippen LogP contribution >= 0.6 is 0 Å². The zero-order valence-electron chi connectivity index (χ0n) is 5.47. The SMILES string of the molecule is O=NC([O-])S(=O)(=O)[O-].[Na+].[Na+]. The van der Waals surface area contributed by atoms with E-state index in [0.717, 1.165) is 0 Å². The second-order valence-electron chi connectivity index (χ2n) is 0.905. The molecule has 0 spiro atoms. The average Bonchev–Trinajstić information content (AvgIpc) is 1.62. The molecule has 0 saturated carbocycles. The van der Waals surface area contributed by atoms with Gasteiger partial charge in [-0.2, -0.15) is 4.91 Å². The van der Waals surface area contributed by atoms with E-state index in [2.05, 4.69) is 0 Å². The van der Waals surface area contributed by atoms with Crippen molar-refractivity contribution in [3.63, 3.8) is 0 Å². The largest absolute Gasteiger partial charge is 1.00 e. The molecule has 0 saturated heterocycles. The third-order valence-electron chi connectivity index (χ3n) is 0.333. The van der Waals surface area contributed by atoms with Crippen LogP contribution in [0.25, 0.3) is 0 Å². The first-order valence-electron chi connectivity index (χ1n) is 1.41. The van der Waals surface area contributed by atoms with Gasteiger partial charge in [-0.25, -0.2) is 8.42 Å². The molecule has 6 nitrogen and oxygen atoms in total. The monoisotopic (exact) mass is 185 g/mol. The Bertz CT molecular complexity index is 176. The van der Waals surface area contributed by atoms with Crippen molar-refractivity contribution in [3.05, 3.63) is 4.91 Å². The first-order chi connectivity index (χ1) is 3.48. The van der Waals surface area contributed by atoms with Gasteiger partial charge < -0.3 is 9.66 Å². The molecule has 0 fully saturated rings. The molecular weight excluding hydrogens is 184 g/mol. The maximum atomic E-state index is 9.54. The Labute approximate surface area is 102 Å². The van der Waals surface area contributed by atoms with Crippen molar-refractivity contribution in [2.24, 2.45) is 5.18 Å². The van der Waals surface area contributed by atoms with Crippen LogP contribution in [0.15, 0.2) is 5.18 Å². The molecule has 0 amide bonds. The Morgan fingerprint density at radius 2 is 1.60 bits per heavy atom. The smallest absolute Gasteiger partial charge is 0.821 e. The summed E-state index contributed by atoms with van der Waals surface area (Å²) in [6.07, 6.45) is 0. The van der Waals surface area contributed by atoms with Gasteiger partial charge in [-0.1, -0.05) is 5.18 Å². The van der Waals surface area contributed by atoms with Gasteiger partial charge in [0, 0.05) is 0 Å². The minimum Gasteiger partial charge on any atom is -0.821 e. The molecular formula is CHNNa2O5S. The zero-order valence-corrected chi connectivity index (χ0v) is 10.3. The molecule has 0 N–H and O–H groups in total. The molecule has 0 aromatic heterocycles. The molecule has 0 radical (unpaired) electrons. The fraction of sp³-hybridized carbons (Fsp3) is 1.00. The normalized spacial score (nSPS) is 12.2. The summed E-state index contributed by atoms with van der Waals surface area (Å²) in [5.74, 6) is 0. The van der Waals surface area contributed by atoms with Crippen LogP contribution in [0.2, 0.25) is 0 Å². The molecule has 0 aromatic carbocycles. The van der Waals surface area contributed by atoms with Gasteiger partial charge in [0.25, 0.3) is 0 Å². The molecule has 0 aliphatic rings. The number of nitrogens with zero attached hydrogens (tertiary/aromatic N) is 1. The fourth-order valence-electron chi connectivity index (χ4n) is 0.0527. The molecule has 9 heteroatoms. The van der Waals surface area contributed by atoms with Crippen molar-refractivity contribution in [2.75, 3.05) is 0 Å². The van der Waals surface area contributed by atoms with Gasteiger partial charge in [-0.15, -0.1) is 0 Å². The van der Waals surface area contributed by atoms with E-state index in [1.165, 1.54) is 5.18 Å². The molecule has 1 atom stereocenters. The molecule has 0 heterocycles. The van der Waals surface area contributed by atoms with Crippen LogP contribution in [0, 0.1) is 4.91 Å². The van der Waals surface area contributed by atoms with Gasteiger partial charge >= 0.3 is 59.1 Å². The van der Waals surface area contributed by atoms with Crippen LogP contribution in [0.3, 0.4) is 0 Å². The third-order valence-corrected chi connectivity index (χ3v) is 0.913. The fourth-order valence-corrected chi connectivity index (χ4v) is 0.158. The third kappa shape index (κ3) is 7.58. The van der Waals surface area contributed by atoms with Gasteiger partial charge in [-0.05, 0) is 0 Å². The van der Waals surface area contributed by atoms with Crippen molar-refractivity contribution in [1.29, 1.82) is 0 Å². The molecule has 1 unspecified atom stereocenters. The first-order valence-corrected chi connectivity index (χ1v) is 2.88. The number of hydrogen-bond acceptors (Lipinski definition) is 6. The van der Waals surface area contributed by atoms with Crippen molar-refractivity contribution < 1.29 is 77.2 Å². The number of rotatable bonds is 2. The van der Waals surface area contributed by atoms with E-state index in [1.54, 1.807) is 0 Å². The van der Waals surface area contributed by atoms with Crippen molar-refractivity contribution in [2.45, 2.75) is 5.56 Å². The predicted molar refractivity (Wildman–Crippen MR) is 19.3 cm³/mol. The second-order valence-corrected chi connectivity index (χ2v) is 2.29. The summed E-state index contributed by atoms with van der Waals surface area (Å²) in [7, 11) is -5.04. The standard InChI is InChI=1S/CH2NO5S.2Na/c3-1(2-4)8(5,6)7;;/h1H,(H,5,6,7);;/q-1;2*+1/p-1. The van der Waals surface area contributed by atoms with E-state index >= 15 is 0 Å². The van der Waals surface area contributed by atoms with E-state index in [9.17, 15) is 18.1 Å². The second kappa shape index (κ2) is 7.14. The Hall–Kier alpha value is 1.47. The molecule has 0 aliphatic heterocycles. The van der Waals surface area contributed by atoms with E-state index in [-0.39, 0.29) is 59.1 Å². The maximum absolute atomic E-state index is 9.54. The van der Waals surface area contributed by atoms with Crippen molar-refractivity contribution in [1.82, 2.24) is 0 Å². The molecule has 10 heavy (non-hydrogen) atoms. The quantitative estimate of drug-likeness (QED) is 0.241. The Morgan fingerprint density at radius 3 is 1.60 bits per heavy atom. The number of hydrogen-bond donors (Lipinski definition) is 0.